The van der Waals surface area contributed by atoms with E-state index in [-0.39, 0.29) is 22.9 Å². The van der Waals surface area contributed by atoms with Crippen molar-refractivity contribution in [3.05, 3.63) is 28.5 Å². The number of halogens is 2. The highest BCUT2D eigenvalue weighted by molar-refractivity contribution is 6.32. The summed E-state index contributed by atoms with van der Waals surface area (Å²) < 4.78 is 13.0. The first-order chi connectivity index (χ1) is 5.66. The van der Waals surface area contributed by atoms with Gasteiger partial charge in [-0.1, -0.05) is 11.6 Å². The molecule has 0 radical (unpaired) electrons. The zero-order valence-corrected chi connectivity index (χ0v) is 7.32. The van der Waals surface area contributed by atoms with Gasteiger partial charge < -0.3 is 10.4 Å². The van der Waals surface area contributed by atoms with E-state index in [0.717, 1.165) is 0 Å². The van der Waals surface area contributed by atoms with Gasteiger partial charge in [-0.05, 0) is 19.2 Å². The normalized spacial score (nSPS) is 10.2. The van der Waals surface area contributed by atoms with Gasteiger partial charge in [-0.2, -0.15) is 0 Å². The molecule has 0 amide bonds. The largest absolute Gasteiger partial charge is 0.506 e. The van der Waals surface area contributed by atoms with Gasteiger partial charge >= 0.3 is 0 Å². The summed E-state index contributed by atoms with van der Waals surface area (Å²) in [4.78, 5) is 0. The molecule has 4 heteroatoms. The second kappa shape index (κ2) is 3.74. The Bertz CT molecular complexity index is 291. The number of phenols is 1. The van der Waals surface area contributed by atoms with Crippen molar-refractivity contribution < 1.29 is 9.50 Å². The molecule has 0 heterocycles. The van der Waals surface area contributed by atoms with Crippen molar-refractivity contribution in [3.8, 4) is 5.75 Å². The number of hydrogen-bond acceptors (Lipinski definition) is 2. The molecule has 1 rings (SSSR count). The predicted molar refractivity (Wildman–Crippen MR) is 45.8 cm³/mol. The van der Waals surface area contributed by atoms with Crippen molar-refractivity contribution in [2.75, 3.05) is 7.05 Å². The fourth-order valence-corrected chi connectivity index (χ4v) is 1.11. The minimum atomic E-state index is -0.453. The first-order valence-corrected chi connectivity index (χ1v) is 3.85. The maximum Gasteiger partial charge on any atom is 0.141 e. The van der Waals surface area contributed by atoms with Crippen LogP contribution in [0.5, 0.6) is 5.75 Å². The standard InChI is InChI=1S/C8H9ClFNO/c1-11-4-5-7(10)3-2-6(9)8(5)12/h2-3,11-12H,4H2,1H3. The van der Waals surface area contributed by atoms with E-state index < -0.39 is 5.82 Å². The molecule has 0 spiro atoms. The summed E-state index contributed by atoms with van der Waals surface area (Å²) in [5.74, 6) is -0.641. The van der Waals surface area contributed by atoms with E-state index in [4.69, 9.17) is 11.6 Å². The molecule has 0 bridgehead atoms. The first kappa shape index (κ1) is 9.29. The van der Waals surface area contributed by atoms with Crippen LogP contribution < -0.4 is 5.32 Å². The Hall–Kier alpha value is -0.800. The lowest BCUT2D eigenvalue weighted by Gasteiger charge is -2.05. The van der Waals surface area contributed by atoms with Crippen molar-refractivity contribution in [1.82, 2.24) is 5.32 Å². The summed E-state index contributed by atoms with van der Waals surface area (Å²) >= 11 is 5.58. The molecule has 66 valence electrons. The Kier molecular flexibility index (Phi) is 2.89. The van der Waals surface area contributed by atoms with Crippen molar-refractivity contribution in [2.45, 2.75) is 6.54 Å². The van der Waals surface area contributed by atoms with Crippen LogP contribution in [-0.2, 0) is 6.54 Å². The lowest BCUT2D eigenvalue weighted by atomic mass is 10.2. The molecule has 2 N–H and O–H groups in total. The highest BCUT2D eigenvalue weighted by Gasteiger charge is 2.09. The van der Waals surface area contributed by atoms with Crippen molar-refractivity contribution in [1.29, 1.82) is 0 Å². The van der Waals surface area contributed by atoms with Gasteiger partial charge in [0, 0.05) is 12.1 Å². The van der Waals surface area contributed by atoms with E-state index >= 15 is 0 Å². The molecule has 0 aliphatic heterocycles. The number of phenolic OH excluding ortho intramolecular Hbond substituents is 1. The molecule has 0 aliphatic carbocycles. The molecule has 0 aromatic heterocycles. The van der Waals surface area contributed by atoms with E-state index in [1.165, 1.54) is 12.1 Å². The van der Waals surface area contributed by atoms with Crippen molar-refractivity contribution in [2.24, 2.45) is 0 Å². The van der Waals surface area contributed by atoms with Crippen LogP contribution in [0.2, 0.25) is 5.02 Å². The quantitative estimate of drug-likeness (QED) is 0.745. The van der Waals surface area contributed by atoms with Gasteiger partial charge in [0.15, 0.2) is 0 Å². The molecule has 2 nitrogen and oxygen atoms in total. The molecule has 0 aliphatic rings. The molecule has 0 unspecified atom stereocenters. The molecule has 0 fully saturated rings. The summed E-state index contributed by atoms with van der Waals surface area (Å²) in [6.07, 6.45) is 0. The summed E-state index contributed by atoms with van der Waals surface area (Å²) in [5.41, 5.74) is 0.199. The zero-order valence-electron chi connectivity index (χ0n) is 6.56. The van der Waals surface area contributed by atoms with Gasteiger partial charge in [-0.25, -0.2) is 4.39 Å². The molecule has 1 aromatic carbocycles. The van der Waals surface area contributed by atoms with Crippen LogP contribution in [0.25, 0.3) is 0 Å². The van der Waals surface area contributed by atoms with E-state index in [2.05, 4.69) is 5.32 Å². The van der Waals surface area contributed by atoms with Gasteiger partial charge in [0.2, 0.25) is 0 Å². The van der Waals surface area contributed by atoms with Crippen LogP contribution in [0.3, 0.4) is 0 Å². The molecule has 0 saturated carbocycles. The monoisotopic (exact) mass is 189 g/mol. The summed E-state index contributed by atoms with van der Waals surface area (Å²) in [7, 11) is 1.67. The van der Waals surface area contributed by atoms with Gasteiger partial charge in [-0.15, -0.1) is 0 Å². The van der Waals surface area contributed by atoms with Gasteiger partial charge in [0.1, 0.15) is 11.6 Å². The third-order valence-corrected chi connectivity index (χ3v) is 1.83. The van der Waals surface area contributed by atoms with Crippen LogP contribution in [0, 0.1) is 5.82 Å². The molecular weight excluding hydrogens is 181 g/mol. The van der Waals surface area contributed by atoms with Crippen molar-refractivity contribution >= 4 is 11.6 Å². The Morgan fingerprint density at radius 2 is 2.25 bits per heavy atom. The van der Waals surface area contributed by atoms with E-state index in [9.17, 15) is 9.50 Å². The molecule has 12 heavy (non-hydrogen) atoms. The van der Waals surface area contributed by atoms with E-state index in [1.54, 1.807) is 7.05 Å². The summed E-state index contributed by atoms with van der Waals surface area (Å²) in [5, 5.41) is 12.2. The van der Waals surface area contributed by atoms with Gasteiger partial charge in [0.05, 0.1) is 5.02 Å². The highest BCUT2D eigenvalue weighted by Crippen LogP contribution is 2.28. The van der Waals surface area contributed by atoms with Crippen LogP contribution >= 0.6 is 11.6 Å². The fraction of sp³-hybridized carbons (Fsp3) is 0.250. The van der Waals surface area contributed by atoms with Crippen molar-refractivity contribution in [3.63, 3.8) is 0 Å². The fourth-order valence-electron chi connectivity index (χ4n) is 0.928. The molecule has 0 saturated heterocycles. The van der Waals surface area contributed by atoms with Gasteiger partial charge in [-0.3, -0.25) is 0 Å². The minimum Gasteiger partial charge on any atom is -0.506 e. The van der Waals surface area contributed by atoms with Crippen LogP contribution in [0.4, 0.5) is 4.39 Å². The maximum atomic E-state index is 13.0. The number of nitrogens with one attached hydrogen (secondary N) is 1. The lowest BCUT2D eigenvalue weighted by Crippen LogP contribution is -2.07. The zero-order chi connectivity index (χ0) is 9.14. The Labute approximate surface area is 75.0 Å². The average molecular weight is 190 g/mol. The van der Waals surface area contributed by atoms with Crippen LogP contribution in [-0.4, -0.2) is 12.2 Å². The predicted octanol–water partition coefficient (Wildman–Crippen LogP) is 1.90. The Morgan fingerprint density at radius 3 is 2.83 bits per heavy atom. The van der Waals surface area contributed by atoms with Crippen LogP contribution in [0.1, 0.15) is 5.56 Å². The third-order valence-electron chi connectivity index (χ3n) is 1.53. The Balaban J connectivity index is 3.14. The highest BCUT2D eigenvalue weighted by atomic mass is 35.5. The van der Waals surface area contributed by atoms with E-state index in [0.29, 0.717) is 0 Å². The second-order valence-corrected chi connectivity index (χ2v) is 2.79. The van der Waals surface area contributed by atoms with Gasteiger partial charge in [0.25, 0.3) is 0 Å². The third kappa shape index (κ3) is 1.68. The average Bonchev–Trinajstić information content (AvgIpc) is 2.06. The maximum absolute atomic E-state index is 13.0. The Morgan fingerprint density at radius 1 is 1.58 bits per heavy atom. The van der Waals surface area contributed by atoms with E-state index in [1.807, 2.05) is 0 Å². The first-order valence-electron chi connectivity index (χ1n) is 3.47. The molecule has 0 atom stereocenters. The summed E-state index contributed by atoms with van der Waals surface area (Å²) in [6, 6.07) is 2.56. The number of benzene rings is 1. The number of aromatic hydroxyl groups is 1. The number of rotatable bonds is 2. The SMILES string of the molecule is CNCc1c(F)ccc(Cl)c1O. The topological polar surface area (TPSA) is 32.3 Å². The van der Waals surface area contributed by atoms with Crippen LogP contribution in [0.15, 0.2) is 12.1 Å². The minimum absolute atomic E-state index is 0.168. The summed E-state index contributed by atoms with van der Waals surface area (Å²) in [6.45, 7) is 0.262. The molecule has 1 aromatic rings. The molecular formula is C8H9ClFNO. The second-order valence-electron chi connectivity index (χ2n) is 2.39. The smallest absolute Gasteiger partial charge is 0.141 e. The number of hydrogen-bond donors (Lipinski definition) is 2. The lowest BCUT2D eigenvalue weighted by molar-refractivity contribution is 0.456.